The van der Waals surface area contributed by atoms with Crippen LogP contribution in [0.1, 0.15) is 30.9 Å². The van der Waals surface area contributed by atoms with Crippen LogP contribution >= 0.6 is 11.6 Å². The molecule has 0 saturated heterocycles. The van der Waals surface area contributed by atoms with Crippen LogP contribution in [0.3, 0.4) is 0 Å². The third-order valence-electron chi connectivity index (χ3n) is 2.88. The first-order chi connectivity index (χ1) is 8.95. The van der Waals surface area contributed by atoms with E-state index >= 15 is 0 Å². The Kier molecular flexibility index (Phi) is 3.96. The number of benzene rings is 1. The van der Waals surface area contributed by atoms with Gasteiger partial charge in [-0.3, -0.25) is 0 Å². The number of nitrogens with zero attached hydrogens (tertiary/aromatic N) is 1. The molecule has 0 atom stereocenters. The molecular formula is C15H17ClN2O. The number of pyridine rings is 1. The average molecular weight is 277 g/mol. The van der Waals surface area contributed by atoms with Crippen molar-refractivity contribution in [1.29, 1.82) is 0 Å². The first-order valence-electron chi connectivity index (χ1n) is 6.17. The van der Waals surface area contributed by atoms with Gasteiger partial charge in [-0.2, -0.15) is 0 Å². The highest BCUT2D eigenvalue weighted by molar-refractivity contribution is 6.29. The van der Waals surface area contributed by atoms with E-state index < -0.39 is 0 Å². The number of hydrogen-bond acceptors (Lipinski definition) is 3. The zero-order valence-electron chi connectivity index (χ0n) is 11.3. The highest BCUT2D eigenvalue weighted by Crippen LogP contribution is 2.27. The molecule has 2 aromatic rings. The molecule has 2 N–H and O–H groups in total. The van der Waals surface area contributed by atoms with Crippen LogP contribution in [-0.4, -0.2) is 4.98 Å². The quantitative estimate of drug-likeness (QED) is 0.837. The van der Waals surface area contributed by atoms with Crippen LogP contribution in [0.25, 0.3) is 0 Å². The lowest BCUT2D eigenvalue weighted by Gasteiger charge is -2.12. The monoisotopic (exact) mass is 276 g/mol. The second-order valence-electron chi connectivity index (χ2n) is 4.84. The fraction of sp³-hybridized carbons (Fsp3) is 0.267. The molecule has 19 heavy (non-hydrogen) atoms. The van der Waals surface area contributed by atoms with Gasteiger partial charge in [0.1, 0.15) is 10.9 Å². The minimum atomic E-state index is 0.325. The van der Waals surface area contributed by atoms with Crippen LogP contribution in [0.2, 0.25) is 5.15 Å². The zero-order chi connectivity index (χ0) is 14.0. The van der Waals surface area contributed by atoms with Crippen LogP contribution in [0.4, 0.5) is 5.69 Å². The molecule has 0 amide bonds. The summed E-state index contributed by atoms with van der Waals surface area (Å²) >= 11 is 5.84. The molecule has 0 spiro atoms. The van der Waals surface area contributed by atoms with Crippen molar-refractivity contribution < 1.29 is 4.74 Å². The van der Waals surface area contributed by atoms with Gasteiger partial charge >= 0.3 is 0 Å². The topological polar surface area (TPSA) is 48.1 Å². The second kappa shape index (κ2) is 5.49. The van der Waals surface area contributed by atoms with Gasteiger partial charge in [-0.25, -0.2) is 4.98 Å². The van der Waals surface area contributed by atoms with Gasteiger partial charge in [0.15, 0.2) is 0 Å². The van der Waals surface area contributed by atoms with E-state index in [0.29, 0.717) is 22.6 Å². The van der Waals surface area contributed by atoms with Crippen LogP contribution in [0.15, 0.2) is 30.3 Å². The van der Waals surface area contributed by atoms with Gasteiger partial charge in [0.25, 0.3) is 0 Å². The molecule has 1 aromatic carbocycles. The normalized spacial score (nSPS) is 10.8. The predicted molar refractivity (Wildman–Crippen MR) is 79.0 cm³/mol. The maximum absolute atomic E-state index is 5.84. The molecule has 0 aliphatic rings. The predicted octanol–water partition coefficient (Wildman–Crippen LogP) is 4.54. The Morgan fingerprint density at radius 3 is 2.53 bits per heavy atom. The number of nitrogen functional groups attached to an aromatic ring is 1. The fourth-order valence-corrected chi connectivity index (χ4v) is 2.23. The van der Waals surface area contributed by atoms with Crippen LogP contribution in [0, 0.1) is 6.92 Å². The summed E-state index contributed by atoms with van der Waals surface area (Å²) in [5.41, 5.74) is 8.74. The zero-order valence-corrected chi connectivity index (χ0v) is 12.0. The minimum absolute atomic E-state index is 0.325. The summed E-state index contributed by atoms with van der Waals surface area (Å²) in [6.45, 7) is 6.41. The molecule has 1 heterocycles. The van der Waals surface area contributed by atoms with E-state index in [4.69, 9.17) is 22.1 Å². The van der Waals surface area contributed by atoms with E-state index in [0.717, 1.165) is 5.75 Å². The van der Waals surface area contributed by atoms with E-state index in [-0.39, 0.29) is 0 Å². The van der Waals surface area contributed by atoms with Crippen molar-refractivity contribution in [3.8, 4) is 11.6 Å². The van der Waals surface area contributed by atoms with Gasteiger partial charge in [-0.1, -0.05) is 31.5 Å². The molecule has 0 bridgehead atoms. The molecule has 0 saturated carbocycles. The molecule has 100 valence electrons. The number of aromatic nitrogens is 1. The highest BCUT2D eigenvalue weighted by atomic mass is 35.5. The van der Waals surface area contributed by atoms with Gasteiger partial charge in [0.2, 0.25) is 5.88 Å². The Balaban J connectivity index is 2.26. The molecule has 0 fully saturated rings. The summed E-state index contributed by atoms with van der Waals surface area (Å²) in [6.07, 6.45) is 0. The van der Waals surface area contributed by atoms with Crippen molar-refractivity contribution in [3.05, 3.63) is 46.6 Å². The number of halogens is 1. The number of ether oxygens (including phenoxy) is 1. The van der Waals surface area contributed by atoms with Crippen molar-refractivity contribution in [2.75, 3.05) is 5.73 Å². The van der Waals surface area contributed by atoms with E-state index in [1.807, 2.05) is 12.1 Å². The summed E-state index contributed by atoms with van der Waals surface area (Å²) in [4.78, 5) is 4.08. The number of aryl methyl sites for hydroxylation is 1. The Bertz CT molecular complexity index is 576. The molecule has 0 unspecified atom stereocenters. The first kappa shape index (κ1) is 13.7. The smallest absolute Gasteiger partial charge is 0.222 e. The van der Waals surface area contributed by atoms with Gasteiger partial charge in [-0.05, 0) is 42.2 Å². The molecule has 2 rings (SSSR count). The molecule has 0 aliphatic carbocycles. The SMILES string of the molecule is Cc1cc(Oc2cc(N)cc(Cl)n2)ccc1C(C)C. The summed E-state index contributed by atoms with van der Waals surface area (Å²) in [5, 5.41) is 0.325. The van der Waals surface area contributed by atoms with Crippen LogP contribution in [0.5, 0.6) is 11.6 Å². The Morgan fingerprint density at radius 1 is 1.21 bits per heavy atom. The van der Waals surface area contributed by atoms with Crippen LogP contribution in [-0.2, 0) is 0 Å². The van der Waals surface area contributed by atoms with Crippen molar-refractivity contribution >= 4 is 17.3 Å². The summed E-state index contributed by atoms with van der Waals surface area (Å²) in [7, 11) is 0. The Morgan fingerprint density at radius 2 is 1.95 bits per heavy atom. The van der Waals surface area contributed by atoms with Gasteiger partial charge in [0, 0.05) is 11.8 Å². The third-order valence-corrected chi connectivity index (χ3v) is 3.07. The van der Waals surface area contributed by atoms with Gasteiger partial charge in [0.05, 0.1) is 0 Å². The largest absolute Gasteiger partial charge is 0.439 e. The molecule has 3 nitrogen and oxygen atoms in total. The van der Waals surface area contributed by atoms with Gasteiger partial charge in [-0.15, -0.1) is 0 Å². The van der Waals surface area contributed by atoms with Crippen molar-refractivity contribution in [2.24, 2.45) is 0 Å². The number of rotatable bonds is 3. The Hall–Kier alpha value is -1.74. The van der Waals surface area contributed by atoms with E-state index in [1.54, 1.807) is 12.1 Å². The lowest BCUT2D eigenvalue weighted by Crippen LogP contribution is -1.95. The van der Waals surface area contributed by atoms with Crippen molar-refractivity contribution in [1.82, 2.24) is 4.98 Å². The maximum Gasteiger partial charge on any atom is 0.222 e. The average Bonchev–Trinajstić information content (AvgIpc) is 2.26. The first-order valence-corrected chi connectivity index (χ1v) is 6.55. The standard InChI is InChI=1S/C15H17ClN2O/c1-9(2)13-5-4-12(6-10(13)3)19-15-8-11(17)7-14(16)18-15/h4-9H,1-3H3,(H2,17,18). The molecule has 0 radical (unpaired) electrons. The van der Waals surface area contributed by atoms with Gasteiger partial charge < -0.3 is 10.5 Å². The van der Waals surface area contributed by atoms with Crippen molar-refractivity contribution in [3.63, 3.8) is 0 Å². The summed E-state index contributed by atoms with van der Waals surface area (Å²) in [6, 6.07) is 9.23. The number of hydrogen-bond donors (Lipinski definition) is 1. The summed E-state index contributed by atoms with van der Waals surface area (Å²) in [5.74, 6) is 1.63. The summed E-state index contributed by atoms with van der Waals surface area (Å²) < 4.78 is 5.68. The van der Waals surface area contributed by atoms with E-state index in [9.17, 15) is 0 Å². The fourth-order valence-electron chi connectivity index (χ4n) is 2.02. The number of nitrogens with two attached hydrogens (primary N) is 1. The molecule has 0 aliphatic heterocycles. The van der Waals surface area contributed by atoms with Crippen LogP contribution < -0.4 is 10.5 Å². The maximum atomic E-state index is 5.84. The Labute approximate surface area is 118 Å². The lowest BCUT2D eigenvalue weighted by atomic mass is 9.98. The van der Waals surface area contributed by atoms with E-state index in [1.165, 1.54) is 11.1 Å². The highest BCUT2D eigenvalue weighted by Gasteiger charge is 2.07. The number of anilines is 1. The second-order valence-corrected chi connectivity index (χ2v) is 5.22. The molecule has 1 aromatic heterocycles. The molecule has 4 heteroatoms. The third kappa shape index (κ3) is 3.38. The lowest BCUT2D eigenvalue weighted by molar-refractivity contribution is 0.462. The minimum Gasteiger partial charge on any atom is -0.439 e. The van der Waals surface area contributed by atoms with E-state index in [2.05, 4.69) is 31.8 Å². The van der Waals surface area contributed by atoms with Crippen molar-refractivity contribution in [2.45, 2.75) is 26.7 Å². The molecular weight excluding hydrogens is 260 g/mol.